The van der Waals surface area contributed by atoms with Gasteiger partial charge in [-0.2, -0.15) is 31.3 Å². The SMILES string of the molecule is COc1ccc(Nc2nc(=O)n(OP(=O)(CC(F)(F)F)CC(F)(F)F)cc2F)cc1. The minimum atomic E-state index is -5.55. The smallest absolute Gasteiger partial charge is 0.399 e. The zero-order chi connectivity index (χ0) is 22.7. The Labute approximate surface area is 163 Å². The van der Waals surface area contributed by atoms with Crippen molar-refractivity contribution < 1.29 is 44.7 Å². The molecule has 30 heavy (non-hydrogen) atoms. The molecule has 0 aliphatic carbocycles. The lowest BCUT2D eigenvalue weighted by Crippen LogP contribution is -2.33. The van der Waals surface area contributed by atoms with Gasteiger partial charge >= 0.3 is 18.0 Å². The van der Waals surface area contributed by atoms with Gasteiger partial charge in [-0.3, -0.25) is 4.57 Å². The van der Waals surface area contributed by atoms with Gasteiger partial charge in [0.1, 0.15) is 18.1 Å². The first kappa shape index (κ1) is 23.5. The van der Waals surface area contributed by atoms with Crippen molar-refractivity contribution in [3.8, 4) is 5.75 Å². The second-order valence-electron chi connectivity index (χ2n) is 5.84. The lowest BCUT2D eigenvalue weighted by atomic mass is 10.3. The Kier molecular flexibility index (Phi) is 6.70. The third kappa shape index (κ3) is 6.94. The van der Waals surface area contributed by atoms with Crippen LogP contribution in [0.3, 0.4) is 0 Å². The molecule has 166 valence electrons. The Hall–Kier alpha value is -2.76. The summed E-state index contributed by atoms with van der Waals surface area (Å²) in [6.45, 7) is 0. The molecule has 2 rings (SSSR count). The monoisotopic (exact) mass is 463 g/mol. The van der Waals surface area contributed by atoms with E-state index in [9.17, 15) is 40.1 Å². The minimum absolute atomic E-state index is 0.139. The number of aromatic nitrogens is 2. The van der Waals surface area contributed by atoms with Gasteiger partial charge in [-0.1, -0.05) is 0 Å². The Morgan fingerprint density at radius 1 is 1.07 bits per heavy atom. The highest BCUT2D eigenvalue weighted by Gasteiger charge is 2.48. The number of rotatable bonds is 7. The van der Waals surface area contributed by atoms with Crippen molar-refractivity contribution in [3.63, 3.8) is 0 Å². The summed E-state index contributed by atoms with van der Waals surface area (Å²) in [5.41, 5.74) is -1.35. The largest absolute Gasteiger partial charge is 0.497 e. The summed E-state index contributed by atoms with van der Waals surface area (Å²) in [7, 11) is -4.15. The summed E-state index contributed by atoms with van der Waals surface area (Å²) in [4.78, 5) is 15.1. The van der Waals surface area contributed by atoms with Gasteiger partial charge in [-0.05, 0) is 24.3 Å². The first-order chi connectivity index (χ1) is 13.7. The minimum Gasteiger partial charge on any atom is -0.497 e. The summed E-state index contributed by atoms with van der Waals surface area (Å²) >= 11 is 0. The molecule has 0 aliphatic heterocycles. The summed E-state index contributed by atoms with van der Waals surface area (Å²) in [5, 5.41) is 2.39. The van der Waals surface area contributed by atoms with Crippen molar-refractivity contribution in [1.82, 2.24) is 9.71 Å². The normalized spacial score (nSPS) is 12.5. The number of methoxy groups -OCH3 is 1. The van der Waals surface area contributed by atoms with Crippen LogP contribution in [0, 0.1) is 5.82 Å². The fourth-order valence-corrected chi connectivity index (χ4v) is 3.95. The molecule has 15 heteroatoms. The van der Waals surface area contributed by atoms with Gasteiger partial charge in [-0.25, -0.2) is 9.18 Å². The van der Waals surface area contributed by atoms with Crippen molar-refractivity contribution in [2.45, 2.75) is 12.4 Å². The number of benzene rings is 1. The van der Waals surface area contributed by atoms with Gasteiger partial charge in [0.25, 0.3) is 7.37 Å². The zero-order valence-corrected chi connectivity index (χ0v) is 15.8. The van der Waals surface area contributed by atoms with Gasteiger partial charge in [0.15, 0.2) is 11.6 Å². The van der Waals surface area contributed by atoms with Gasteiger partial charge < -0.3 is 14.7 Å². The van der Waals surface area contributed by atoms with E-state index >= 15 is 0 Å². The van der Waals surface area contributed by atoms with Crippen molar-refractivity contribution in [1.29, 1.82) is 0 Å². The van der Waals surface area contributed by atoms with Crippen molar-refractivity contribution in [2.75, 3.05) is 24.8 Å². The number of alkyl halides is 6. The molecule has 1 N–H and O–H groups in total. The molecule has 1 heterocycles. The second-order valence-corrected chi connectivity index (χ2v) is 8.27. The molecule has 0 bridgehead atoms. The molecule has 0 amide bonds. The Bertz CT molecular complexity index is 970. The lowest BCUT2D eigenvalue weighted by Gasteiger charge is -2.22. The number of ether oxygens (including phenoxy) is 1. The highest BCUT2D eigenvalue weighted by molar-refractivity contribution is 7.59. The fraction of sp³-hybridized carbons (Fsp3) is 0.333. The maximum absolute atomic E-state index is 14.2. The molecule has 0 saturated carbocycles. The number of anilines is 2. The van der Waals surface area contributed by atoms with E-state index in [1.165, 1.54) is 31.4 Å². The predicted molar refractivity (Wildman–Crippen MR) is 90.8 cm³/mol. The number of nitrogens with zero attached hydrogens (tertiary/aromatic N) is 2. The van der Waals surface area contributed by atoms with Gasteiger partial charge in [0, 0.05) is 5.69 Å². The van der Waals surface area contributed by atoms with Crippen LogP contribution in [0.15, 0.2) is 35.3 Å². The number of nitrogens with one attached hydrogen (secondary N) is 1. The van der Waals surface area contributed by atoms with E-state index in [1.54, 1.807) is 0 Å². The maximum atomic E-state index is 14.2. The highest BCUT2D eigenvalue weighted by Crippen LogP contribution is 2.51. The van der Waals surface area contributed by atoms with Crippen LogP contribution in [0.1, 0.15) is 0 Å². The summed E-state index contributed by atoms with van der Waals surface area (Å²) in [6.07, 6.45) is -15.4. The summed E-state index contributed by atoms with van der Waals surface area (Å²) in [6, 6.07) is 5.80. The quantitative estimate of drug-likeness (QED) is 0.495. The average molecular weight is 463 g/mol. The van der Waals surface area contributed by atoms with Crippen molar-refractivity contribution in [3.05, 3.63) is 46.8 Å². The molecule has 2 aromatic rings. The van der Waals surface area contributed by atoms with Gasteiger partial charge in [0.2, 0.25) is 0 Å². The molecule has 0 radical (unpaired) electrons. The topological polar surface area (TPSA) is 82.4 Å². The van der Waals surface area contributed by atoms with Crippen molar-refractivity contribution >= 4 is 18.9 Å². The second kappa shape index (κ2) is 8.54. The number of halogens is 7. The van der Waals surface area contributed by atoms with Crippen LogP contribution in [0.4, 0.5) is 42.2 Å². The van der Waals surface area contributed by atoms with E-state index in [1.807, 2.05) is 0 Å². The molecule has 1 aromatic carbocycles. The van der Waals surface area contributed by atoms with E-state index in [0.717, 1.165) is 0 Å². The third-order valence-corrected chi connectivity index (χ3v) is 5.44. The van der Waals surface area contributed by atoms with E-state index in [-0.39, 0.29) is 16.6 Å². The van der Waals surface area contributed by atoms with Crippen LogP contribution in [0.2, 0.25) is 0 Å². The highest BCUT2D eigenvalue weighted by atomic mass is 31.2. The summed E-state index contributed by atoms with van der Waals surface area (Å²) in [5.74, 6) is -1.59. The zero-order valence-electron chi connectivity index (χ0n) is 14.9. The molecule has 1 aromatic heterocycles. The molecule has 0 aliphatic rings. The molecule has 0 saturated heterocycles. The van der Waals surface area contributed by atoms with E-state index in [2.05, 4.69) is 14.9 Å². The molecule has 0 atom stereocenters. The third-order valence-electron chi connectivity index (χ3n) is 3.28. The molecule has 0 fully saturated rings. The van der Waals surface area contributed by atoms with Gasteiger partial charge in [0.05, 0.1) is 13.3 Å². The fourth-order valence-electron chi connectivity index (χ4n) is 2.20. The van der Waals surface area contributed by atoms with E-state index < -0.39 is 49.4 Å². The van der Waals surface area contributed by atoms with Gasteiger partial charge in [-0.15, -0.1) is 4.73 Å². The van der Waals surface area contributed by atoms with Crippen molar-refractivity contribution in [2.24, 2.45) is 0 Å². The van der Waals surface area contributed by atoms with Crippen LogP contribution in [0.5, 0.6) is 5.75 Å². The molecule has 7 nitrogen and oxygen atoms in total. The first-order valence-electron chi connectivity index (χ1n) is 7.82. The van der Waals surface area contributed by atoms with Crippen LogP contribution in [-0.4, -0.2) is 41.5 Å². The molecule has 0 spiro atoms. The Morgan fingerprint density at radius 2 is 1.60 bits per heavy atom. The van der Waals surface area contributed by atoms with E-state index in [0.29, 0.717) is 5.75 Å². The first-order valence-corrected chi connectivity index (χ1v) is 9.81. The Balaban J connectivity index is 2.31. The molecular formula is C15H13F7N3O4P. The Morgan fingerprint density at radius 3 is 2.07 bits per heavy atom. The molecule has 0 unspecified atom stereocenters. The van der Waals surface area contributed by atoms with Crippen LogP contribution >= 0.6 is 7.37 Å². The van der Waals surface area contributed by atoms with Crippen LogP contribution < -0.4 is 20.4 Å². The summed E-state index contributed by atoms with van der Waals surface area (Å²) < 4.78 is 110. The standard InChI is InChI=1S/C15H13F7N3O4P/c1-28-10-4-2-9(3-5-10)23-12-11(16)6-25(13(26)24-12)29-30(27,7-14(17,18)19)8-15(20,21)22/h2-6H,7-8H2,1H3,(H,23,24,26). The average Bonchev–Trinajstić information content (AvgIpc) is 2.56. The predicted octanol–water partition coefficient (Wildman–Crippen LogP) is 3.97. The maximum Gasteiger partial charge on any atom is 0.399 e. The number of hydrogen-bond acceptors (Lipinski definition) is 6. The van der Waals surface area contributed by atoms with Crippen LogP contribution in [0.25, 0.3) is 0 Å². The molecular weight excluding hydrogens is 450 g/mol. The van der Waals surface area contributed by atoms with E-state index in [4.69, 9.17) is 4.74 Å². The number of hydrogen-bond donors (Lipinski definition) is 1. The lowest BCUT2D eigenvalue weighted by molar-refractivity contribution is -0.115. The van der Waals surface area contributed by atoms with Crippen LogP contribution in [-0.2, 0) is 4.57 Å².